The Labute approximate surface area is 110 Å². The Hall–Kier alpha value is -0.443. The molecule has 1 atom stereocenters. The van der Waals surface area contributed by atoms with Gasteiger partial charge in [0.1, 0.15) is 0 Å². The Morgan fingerprint density at radius 3 is 1.76 bits per heavy atom. The van der Waals surface area contributed by atoms with Crippen LogP contribution in [0, 0.1) is 0 Å². The molecular formula is C15H19As2+. The Kier molecular flexibility index (Phi) is 4.18. The van der Waals surface area contributed by atoms with Crippen molar-refractivity contribution in [2.45, 2.75) is 17.1 Å². The van der Waals surface area contributed by atoms with Crippen molar-refractivity contribution in [1.82, 2.24) is 0 Å². The zero-order valence-corrected chi connectivity index (χ0v) is 14.4. The molecule has 0 nitrogen and oxygen atoms in total. The maximum absolute atomic E-state index is 2.56. The SMILES string of the molecule is C[As](c1ccccc1)[As+](C)(C)c1ccccc1. The van der Waals surface area contributed by atoms with Gasteiger partial charge in [0.15, 0.2) is 0 Å². The van der Waals surface area contributed by atoms with Gasteiger partial charge in [-0.3, -0.25) is 0 Å². The molecule has 2 rings (SSSR count). The Balaban J connectivity index is 2.33. The molecule has 0 spiro atoms. The van der Waals surface area contributed by atoms with E-state index in [1.54, 1.807) is 8.70 Å². The van der Waals surface area contributed by atoms with Crippen LogP contribution in [0.3, 0.4) is 0 Å². The molecule has 0 aliphatic rings. The van der Waals surface area contributed by atoms with Crippen LogP contribution >= 0.6 is 0 Å². The first-order valence-electron chi connectivity index (χ1n) is 5.81. The van der Waals surface area contributed by atoms with Crippen LogP contribution in [0.5, 0.6) is 0 Å². The van der Waals surface area contributed by atoms with Crippen molar-refractivity contribution in [3.8, 4) is 0 Å². The van der Waals surface area contributed by atoms with E-state index in [1.807, 2.05) is 0 Å². The first kappa shape index (κ1) is 13.0. The van der Waals surface area contributed by atoms with E-state index in [4.69, 9.17) is 0 Å². The van der Waals surface area contributed by atoms with Crippen molar-refractivity contribution in [2.24, 2.45) is 0 Å². The second kappa shape index (κ2) is 5.47. The van der Waals surface area contributed by atoms with E-state index in [2.05, 4.69) is 77.8 Å². The molecule has 0 amide bonds. The summed E-state index contributed by atoms with van der Waals surface area (Å²) in [6.07, 6.45) is 0. The topological polar surface area (TPSA) is 0 Å². The van der Waals surface area contributed by atoms with Crippen LogP contribution in [0.2, 0.25) is 17.1 Å². The second-order valence-electron chi connectivity index (χ2n) is 4.59. The van der Waals surface area contributed by atoms with Crippen molar-refractivity contribution >= 4 is 32.8 Å². The fourth-order valence-electron chi connectivity index (χ4n) is 1.90. The molecule has 0 aliphatic carbocycles. The Bertz CT molecular complexity index is 463. The Morgan fingerprint density at radius 2 is 1.24 bits per heavy atom. The summed E-state index contributed by atoms with van der Waals surface area (Å²) in [7, 11) is 0. The molecule has 0 N–H and O–H groups in total. The van der Waals surface area contributed by atoms with E-state index in [9.17, 15) is 0 Å². The molecule has 17 heavy (non-hydrogen) atoms. The third kappa shape index (κ3) is 2.87. The van der Waals surface area contributed by atoms with E-state index in [0.29, 0.717) is 0 Å². The summed E-state index contributed by atoms with van der Waals surface area (Å²) in [6.45, 7) is 0. The molecular weight excluding hydrogens is 330 g/mol. The zero-order chi connectivity index (χ0) is 12.3. The molecule has 0 saturated carbocycles. The van der Waals surface area contributed by atoms with E-state index >= 15 is 0 Å². The van der Waals surface area contributed by atoms with E-state index in [0.717, 1.165) is 0 Å². The predicted octanol–water partition coefficient (Wildman–Crippen LogP) is 2.71. The molecule has 0 radical (unpaired) electrons. The normalized spacial score (nSPS) is 13.4. The maximum atomic E-state index is 2.56. The van der Waals surface area contributed by atoms with Crippen LogP contribution in [-0.4, -0.2) is 24.1 Å². The van der Waals surface area contributed by atoms with Gasteiger partial charge in [-0.2, -0.15) is 0 Å². The van der Waals surface area contributed by atoms with Crippen LogP contribution < -0.4 is 8.70 Å². The molecule has 0 saturated heterocycles. The summed E-state index contributed by atoms with van der Waals surface area (Å²) >= 11 is -2.55. The average Bonchev–Trinajstić information content (AvgIpc) is 2.40. The van der Waals surface area contributed by atoms with Gasteiger partial charge in [-0.15, -0.1) is 0 Å². The standard InChI is InChI=1S/C15H19As2/c1-16(14-10-6-4-7-11-14)17(2,3)15-12-8-5-9-13-15/h4-13H,1-3H3/q+1. The van der Waals surface area contributed by atoms with E-state index in [-0.39, 0.29) is 0 Å². The van der Waals surface area contributed by atoms with Crippen LogP contribution in [0.25, 0.3) is 0 Å². The van der Waals surface area contributed by atoms with Gasteiger partial charge in [0, 0.05) is 0 Å². The Morgan fingerprint density at radius 1 is 0.765 bits per heavy atom. The molecule has 0 fully saturated rings. The molecule has 2 heteroatoms. The average molecular weight is 349 g/mol. The minimum absolute atomic E-state index is 0.899. The van der Waals surface area contributed by atoms with Crippen molar-refractivity contribution in [1.29, 1.82) is 0 Å². The number of rotatable bonds is 3. The van der Waals surface area contributed by atoms with E-state index < -0.39 is 24.1 Å². The zero-order valence-electron chi connectivity index (χ0n) is 10.7. The number of hydrogen-bond acceptors (Lipinski definition) is 0. The monoisotopic (exact) mass is 349 g/mol. The summed E-state index contributed by atoms with van der Waals surface area (Å²) in [4.78, 5) is 0. The molecule has 0 aromatic heterocycles. The summed E-state index contributed by atoms with van der Waals surface area (Å²) in [5, 5.41) is 0. The first-order chi connectivity index (χ1) is 8.12. The molecule has 2 aromatic carbocycles. The van der Waals surface area contributed by atoms with Gasteiger partial charge < -0.3 is 0 Å². The first-order valence-corrected chi connectivity index (χ1v) is 18.5. The van der Waals surface area contributed by atoms with Crippen molar-refractivity contribution in [2.75, 3.05) is 0 Å². The quantitative estimate of drug-likeness (QED) is 0.748. The fourth-order valence-corrected chi connectivity index (χ4v) is 20.0. The summed E-state index contributed by atoms with van der Waals surface area (Å²) in [5.74, 6) is 0. The van der Waals surface area contributed by atoms with Crippen LogP contribution in [0.15, 0.2) is 60.7 Å². The second-order valence-corrected chi connectivity index (χ2v) is 32.2. The fraction of sp³-hybridized carbons (Fsp3) is 0.200. The molecule has 88 valence electrons. The molecule has 0 bridgehead atoms. The third-order valence-electron chi connectivity index (χ3n) is 3.27. The van der Waals surface area contributed by atoms with Crippen molar-refractivity contribution < 1.29 is 0 Å². The van der Waals surface area contributed by atoms with Gasteiger partial charge in [-0.25, -0.2) is 0 Å². The molecule has 0 heterocycles. The molecule has 2 aromatic rings. The van der Waals surface area contributed by atoms with E-state index in [1.165, 1.54) is 0 Å². The van der Waals surface area contributed by atoms with Crippen LogP contribution in [-0.2, 0) is 0 Å². The number of benzene rings is 2. The number of hydrogen-bond donors (Lipinski definition) is 0. The van der Waals surface area contributed by atoms with Gasteiger partial charge in [-0.05, 0) is 0 Å². The van der Waals surface area contributed by atoms with Gasteiger partial charge in [0.2, 0.25) is 0 Å². The molecule has 0 aliphatic heterocycles. The van der Waals surface area contributed by atoms with Crippen LogP contribution in [0.1, 0.15) is 0 Å². The van der Waals surface area contributed by atoms with Gasteiger partial charge in [-0.1, -0.05) is 0 Å². The van der Waals surface area contributed by atoms with Crippen molar-refractivity contribution in [3.05, 3.63) is 60.7 Å². The minimum atomic E-state index is -1.65. The third-order valence-corrected chi connectivity index (χ3v) is 33.3. The van der Waals surface area contributed by atoms with Crippen molar-refractivity contribution in [3.63, 3.8) is 0 Å². The molecule has 1 unspecified atom stereocenters. The predicted molar refractivity (Wildman–Crippen MR) is 81.3 cm³/mol. The summed E-state index contributed by atoms with van der Waals surface area (Å²) < 4.78 is 3.26. The van der Waals surface area contributed by atoms with Gasteiger partial charge >= 0.3 is 111 Å². The van der Waals surface area contributed by atoms with Crippen LogP contribution in [0.4, 0.5) is 0 Å². The van der Waals surface area contributed by atoms with Gasteiger partial charge in [0.25, 0.3) is 0 Å². The van der Waals surface area contributed by atoms with Gasteiger partial charge in [0.05, 0.1) is 0 Å². The summed E-state index contributed by atoms with van der Waals surface area (Å²) in [5.41, 5.74) is 7.64. The summed E-state index contributed by atoms with van der Waals surface area (Å²) in [6, 6.07) is 22.3.